The molecular formula is C8H22N2O2Si. The van der Waals surface area contributed by atoms with Gasteiger partial charge in [-0.15, -0.1) is 0 Å². The lowest BCUT2D eigenvalue weighted by molar-refractivity contribution is 0.275. The van der Waals surface area contributed by atoms with Crippen LogP contribution in [0.3, 0.4) is 0 Å². The summed E-state index contributed by atoms with van der Waals surface area (Å²) in [5.74, 6) is 0. The van der Waals surface area contributed by atoms with Gasteiger partial charge in [0.05, 0.1) is 0 Å². The van der Waals surface area contributed by atoms with Gasteiger partial charge in [-0.05, 0) is 19.0 Å². The fourth-order valence-electron chi connectivity index (χ4n) is 1.11. The van der Waals surface area contributed by atoms with Gasteiger partial charge >= 0.3 is 9.28 Å². The second-order valence-corrected chi connectivity index (χ2v) is 5.43. The first kappa shape index (κ1) is 13.1. The van der Waals surface area contributed by atoms with Crippen molar-refractivity contribution < 1.29 is 8.85 Å². The second-order valence-electron chi connectivity index (χ2n) is 3.05. The molecule has 0 fully saturated rings. The minimum Gasteiger partial charge on any atom is -0.400 e. The number of nitrogens with two attached hydrogens (primary N) is 1. The van der Waals surface area contributed by atoms with Gasteiger partial charge in [-0.25, -0.2) is 0 Å². The third-order valence-electron chi connectivity index (χ3n) is 1.96. The molecule has 0 rings (SSSR count). The summed E-state index contributed by atoms with van der Waals surface area (Å²) in [6.45, 7) is 3.93. The molecule has 1 atom stereocenters. The van der Waals surface area contributed by atoms with Gasteiger partial charge in [0.2, 0.25) is 0 Å². The van der Waals surface area contributed by atoms with Crippen molar-refractivity contribution in [2.45, 2.75) is 25.4 Å². The Morgan fingerprint density at radius 1 is 1.38 bits per heavy atom. The van der Waals surface area contributed by atoms with Crippen LogP contribution in [0.4, 0.5) is 0 Å². The molecule has 0 aromatic rings. The van der Waals surface area contributed by atoms with Crippen LogP contribution in [0.1, 0.15) is 13.3 Å². The highest BCUT2D eigenvalue weighted by atomic mass is 28.3. The molecule has 0 saturated heterocycles. The van der Waals surface area contributed by atoms with E-state index in [9.17, 15) is 0 Å². The number of likely N-dealkylation sites (N-methyl/N-ethyl adjacent to an activating group) is 1. The topological polar surface area (TPSA) is 56.5 Å². The van der Waals surface area contributed by atoms with Crippen LogP contribution in [-0.2, 0) is 8.85 Å². The van der Waals surface area contributed by atoms with Gasteiger partial charge in [0.1, 0.15) is 0 Å². The van der Waals surface area contributed by atoms with Crippen molar-refractivity contribution in [2.24, 2.45) is 5.73 Å². The SMILES string of the molecule is CCNCC(N)CC[SiH](OC)OC. The van der Waals surface area contributed by atoms with Gasteiger partial charge in [-0.2, -0.15) is 0 Å². The molecule has 0 spiro atoms. The van der Waals surface area contributed by atoms with Gasteiger partial charge in [0, 0.05) is 26.8 Å². The van der Waals surface area contributed by atoms with Crippen molar-refractivity contribution in [3.05, 3.63) is 0 Å². The summed E-state index contributed by atoms with van der Waals surface area (Å²) < 4.78 is 10.4. The molecule has 4 nitrogen and oxygen atoms in total. The first-order valence-electron chi connectivity index (χ1n) is 4.76. The minimum absolute atomic E-state index is 0.222. The zero-order valence-electron chi connectivity index (χ0n) is 8.88. The van der Waals surface area contributed by atoms with Gasteiger partial charge in [-0.3, -0.25) is 0 Å². The number of hydrogen-bond donors (Lipinski definition) is 2. The lowest BCUT2D eigenvalue weighted by atomic mass is 10.2. The lowest BCUT2D eigenvalue weighted by Crippen LogP contribution is -2.35. The number of nitrogens with one attached hydrogen (secondary N) is 1. The van der Waals surface area contributed by atoms with Crippen LogP contribution in [0, 0.1) is 0 Å². The lowest BCUT2D eigenvalue weighted by Gasteiger charge is -2.15. The van der Waals surface area contributed by atoms with Gasteiger partial charge in [-0.1, -0.05) is 6.92 Å². The van der Waals surface area contributed by atoms with Gasteiger partial charge < -0.3 is 19.9 Å². The first-order chi connectivity index (χ1) is 6.24. The average Bonchev–Trinajstić information content (AvgIpc) is 2.16. The molecule has 0 aliphatic heterocycles. The van der Waals surface area contributed by atoms with Crippen molar-refractivity contribution in [3.8, 4) is 0 Å². The maximum absolute atomic E-state index is 5.87. The summed E-state index contributed by atoms with van der Waals surface area (Å²) in [4.78, 5) is 0. The van der Waals surface area contributed by atoms with Crippen LogP contribution in [0.25, 0.3) is 0 Å². The fourth-order valence-corrected chi connectivity index (χ4v) is 2.48. The predicted octanol–water partition coefficient (Wildman–Crippen LogP) is -0.173. The minimum atomic E-state index is -1.39. The van der Waals surface area contributed by atoms with Crippen LogP contribution < -0.4 is 11.1 Å². The highest BCUT2D eigenvalue weighted by Gasteiger charge is 2.11. The number of hydrogen-bond acceptors (Lipinski definition) is 4. The molecule has 0 bridgehead atoms. The van der Waals surface area contributed by atoms with E-state index >= 15 is 0 Å². The molecule has 13 heavy (non-hydrogen) atoms. The van der Waals surface area contributed by atoms with E-state index in [1.54, 1.807) is 14.2 Å². The van der Waals surface area contributed by atoms with E-state index in [1.807, 2.05) is 0 Å². The molecule has 3 N–H and O–H groups in total. The zero-order chi connectivity index (χ0) is 10.1. The Morgan fingerprint density at radius 2 is 2.00 bits per heavy atom. The summed E-state index contributed by atoms with van der Waals surface area (Å²) in [5, 5.41) is 3.22. The zero-order valence-corrected chi connectivity index (χ0v) is 10.0. The Balaban J connectivity index is 3.38. The highest BCUT2D eigenvalue weighted by Crippen LogP contribution is 2.01. The largest absolute Gasteiger partial charge is 0.400 e. The molecule has 0 aromatic heterocycles. The molecule has 0 radical (unpaired) electrons. The van der Waals surface area contributed by atoms with Gasteiger partial charge in [0.25, 0.3) is 0 Å². The van der Waals surface area contributed by atoms with E-state index in [-0.39, 0.29) is 6.04 Å². The van der Waals surface area contributed by atoms with Crippen LogP contribution in [-0.4, -0.2) is 42.6 Å². The van der Waals surface area contributed by atoms with Crippen molar-refractivity contribution in [3.63, 3.8) is 0 Å². The Bertz CT molecular complexity index is 112. The predicted molar refractivity (Wildman–Crippen MR) is 57.1 cm³/mol. The molecule has 0 amide bonds. The maximum Gasteiger partial charge on any atom is 0.320 e. The second kappa shape index (κ2) is 8.65. The third kappa shape index (κ3) is 7.15. The van der Waals surface area contributed by atoms with Crippen LogP contribution in [0.2, 0.25) is 6.04 Å². The summed E-state index contributed by atoms with van der Waals surface area (Å²) in [6.07, 6.45) is 0.978. The Labute approximate surface area is 82.6 Å². The van der Waals surface area contributed by atoms with E-state index < -0.39 is 9.28 Å². The fraction of sp³-hybridized carbons (Fsp3) is 1.00. The van der Waals surface area contributed by atoms with Crippen LogP contribution in [0.5, 0.6) is 0 Å². The Hall–Kier alpha value is 0.0569. The molecule has 5 heteroatoms. The molecule has 0 aliphatic rings. The highest BCUT2D eigenvalue weighted by molar-refractivity contribution is 6.44. The molecule has 1 unspecified atom stereocenters. The Morgan fingerprint density at radius 3 is 2.46 bits per heavy atom. The Kier molecular flexibility index (Phi) is 8.68. The molecule has 80 valence electrons. The van der Waals surface area contributed by atoms with Crippen LogP contribution >= 0.6 is 0 Å². The van der Waals surface area contributed by atoms with E-state index in [1.165, 1.54) is 0 Å². The van der Waals surface area contributed by atoms with Crippen molar-refractivity contribution >= 4 is 9.28 Å². The summed E-state index contributed by atoms with van der Waals surface area (Å²) in [7, 11) is 2.02. The van der Waals surface area contributed by atoms with Crippen LogP contribution in [0.15, 0.2) is 0 Å². The molecule has 0 aliphatic carbocycles. The molecule has 0 aromatic carbocycles. The third-order valence-corrected chi connectivity index (χ3v) is 3.81. The molecule has 0 saturated carbocycles. The van der Waals surface area contributed by atoms with E-state index in [0.29, 0.717) is 0 Å². The smallest absolute Gasteiger partial charge is 0.320 e. The van der Waals surface area contributed by atoms with E-state index in [4.69, 9.17) is 14.6 Å². The van der Waals surface area contributed by atoms with E-state index in [0.717, 1.165) is 25.6 Å². The number of rotatable bonds is 8. The standard InChI is InChI=1S/C8H22N2O2Si/c1-4-10-7-8(9)5-6-13(11-2)12-3/h8,10,13H,4-7,9H2,1-3H3. The van der Waals surface area contributed by atoms with Crippen molar-refractivity contribution in [1.82, 2.24) is 5.32 Å². The average molecular weight is 206 g/mol. The monoisotopic (exact) mass is 206 g/mol. The van der Waals surface area contributed by atoms with Crippen molar-refractivity contribution in [1.29, 1.82) is 0 Å². The quantitative estimate of drug-likeness (QED) is 0.541. The summed E-state index contributed by atoms with van der Waals surface area (Å²) in [5.41, 5.74) is 5.87. The summed E-state index contributed by atoms with van der Waals surface area (Å²) >= 11 is 0. The maximum atomic E-state index is 5.87. The first-order valence-corrected chi connectivity index (χ1v) is 6.52. The molecular weight excluding hydrogens is 184 g/mol. The summed E-state index contributed by atoms with van der Waals surface area (Å²) in [6, 6.07) is 1.21. The molecule has 0 heterocycles. The van der Waals surface area contributed by atoms with E-state index in [2.05, 4.69) is 12.2 Å². The normalized spacial score (nSPS) is 13.6. The van der Waals surface area contributed by atoms with Crippen molar-refractivity contribution in [2.75, 3.05) is 27.3 Å². The van der Waals surface area contributed by atoms with Gasteiger partial charge in [0.15, 0.2) is 0 Å².